The highest BCUT2D eigenvalue weighted by Gasteiger charge is 2.14. The zero-order valence-corrected chi connectivity index (χ0v) is 24.2. The fraction of sp³-hybridized carbons (Fsp3) is 0.0345. The van der Waals surface area contributed by atoms with Crippen molar-refractivity contribution in [2.75, 3.05) is 11.9 Å². The molecule has 0 unspecified atom stereocenters. The lowest BCUT2D eigenvalue weighted by molar-refractivity contribution is -0.118. The largest absolute Gasteiger partial charge is 0.482 e. The Balaban J connectivity index is 1.41. The molecule has 0 saturated heterocycles. The first-order valence-electron chi connectivity index (χ1n) is 11.6. The monoisotopic (exact) mass is 726 g/mol. The van der Waals surface area contributed by atoms with Gasteiger partial charge in [0, 0.05) is 11.3 Å². The summed E-state index contributed by atoms with van der Waals surface area (Å²) in [6.45, 7) is -0.118. The summed E-state index contributed by atoms with van der Waals surface area (Å²) in [6, 6.07) is 29.7. The Bertz CT molecular complexity index is 1680. The number of aromatic nitrogens is 2. The molecule has 9 heteroatoms. The van der Waals surface area contributed by atoms with Crippen molar-refractivity contribution >= 4 is 73.9 Å². The van der Waals surface area contributed by atoms with E-state index in [0.29, 0.717) is 28.2 Å². The molecule has 0 aliphatic rings. The molecule has 1 aromatic heterocycles. The van der Waals surface area contributed by atoms with Gasteiger partial charge in [-0.1, -0.05) is 60.7 Å². The van der Waals surface area contributed by atoms with Crippen molar-refractivity contribution < 1.29 is 9.53 Å². The van der Waals surface area contributed by atoms with Crippen LogP contribution in [-0.2, 0) is 4.79 Å². The van der Waals surface area contributed by atoms with Crippen LogP contribution in [-0.4, -0.2) is 28.4 Å². The van der Waals surface area contributed by atoms with Crippen LogP contribution in [0.1, 0.15) is 5.56 Å². The number of nitrogens with one attached hydrogen (secondary N) is 1. The molecule has 0 fully saturated rings. The normalized spacial score (nSPS) is 11.1. The minimum atomic E-state index is -0.250. The second kappa shape index (κ2) is 11.9. The van der Waals surface area contributed by atoms with Crippen molar-refractivity contribution in [3.8, 4) is 17.1 Å². The van der Waals surface area contributed by atoms with Gasteiger partial charge in [-0.25, -0.2) is 4.98 Å². The lowest BCUT2D eigenvalue weighted by Crippen LogP contribution is -2.21. The number of carbonyl (C=O) groups is 1. The van der Waals surface area contributed by atoms with Crippen molar-refractivity contribution in [3.63, 3.8) is 0 Å². The van der Waals surface area contributed by atoms with Crippen LogP contribution in [0.4, 0.5) is 5.69 Å². The number of rotatable bonds is 7. The molecule has 1 amide bonds. The first-order valence-corrected chi connectivity index (χ1v) is 13.7. The van der Waals surface area contributed by atoms with Gasteiger partial charge in [-0.2, -0.15) is 9.78 Å². The molecule has 188 valence electrons. The maximum Gasteiger partial charge on any atom is 0.282 e. The van der Waals surface area contributed by atoms with Gasteiger partial charge in [0.1, 0.15) is 5.75 Å². The number of hydrogen-bond acceptors (Lipinski definition) is 5. The van der Waals surface area contributed by atoms with E-state index in [1.807, 2.05) is 91.0 Å². The second-order valence-corrected chi connectivity index (χ2v) is 10.5. The summed E-state index contributed by atoms with van der Waals surface area (Å²) in [4.78, 5) is 30.4. The molecule has 5 aromatic rings. The maximum absolute atomic E-state index is 13.4. The molecule has 7 nitrogen and oxygen atoms in total. The molecule has 4 aromatic carbocycles. The summed E-state index contributed by atoms with van der Waals surface area (Å²) in [6.07, 6.45) is 1.63. The third-order valence-electron chi connectivity index (χ3n) is 5.53. The summed E-state index contributed by atoms with van der Waals surface area (Å²) < 4.78 is 8.79. The van der Waals surface area contributed by atoms with Crippen molar-refractivity contribution in [2.45, 2.75) is 0 Å². The van der Waals surface area contributed by atoms with Gasteiger partial charge >= 0.3 is 0 Å². The van der Waals surface area contributed by atoms with E-state index in [0.717, 1.165) is 18.3 Å². The minimum absolute atomic E-state index is 0.118. The molecule has 0 aliphatic heterocycles. The summed E-state index contributed by atoms with van der Waals surface area (Å²) >= 11 is 4.33. The van der Waals surface area contributed by atoms with Gasteiger partial charge in [-0.05, 0) is 87.1 Å². The Labute approximate surface area is 245 Å². The van der Waals surface area contributed by atoms with Gasteiger partial charge in [-0.15, -0.1) is 0 Å². The lowest BCUT2D eigenvalue weighted by Gasteiger charge is -2.12. The van der Waals surface area contributed by atoms with Crippen LogP contribution >= 0.6 is 45.2 Å². The number of benzene rings is 4. The SMILES string of the molecule is O=C(COc1c(I)cc(C=Nn2c(-c3ccccc3)nc3ccccc3c2=O)cc1I)Nc1ccccc1. The smallest absolute Gasteiger partial charge is 0.282 e. The van der Waals surface area contributed by atoms with Crippen LogP contribution in [0.2, 0.25) is 0 Å². The highest BCUT2D eigenvalue weighted by molar-refractivity contribution is 14.1. The molecule has 0 radical (unpaired) electrons. The van der Waals surface area contributed by atoms with E-state index in [9.17, 15) is 9.59 Å². The Morgan fingerprint density at radius 2 is 1.55 bits per heavy atom. The average Bonchev–Trinajstić information content (AvgIpc) is 2.93. The molecule has 1 heterocycles. The van der Waals surface area contributed by atoms with Crippen molar-refractivity contribution in [1.29, 1.82) is 0 Å². The first kappa shape index (κ1) is 26.0. The number of nitrogens with zero attached hydrogens (tertiary/aromatic N) is 3. The van der Waals surface area contributed by atoms with E-state index in [-0.39, 0.29) is 18.1 Å². The van der Waals surface area contributed by atoms with Crippen molar-refractivity contribution in [3.05, 3.63) is 120 Å². The predicted octanol–water partition coefficient (Wildman–Crippen LogP) is 6.17. The van der Waals surface area contributed by atoms with Crippen LogP contribution in [0.15, 0.2) is 107 Å². The molecule has 0 aliphatic carbocycles. The summed E-state index contributed by atoms with van der Waals surface area (Å²) in [5.41, 5.74) is 2.64. The van der Waals surface area contributed by atoms with E-state index in [1.54, 1.807) is 12.3 Å². The Morgan fingerprint density at radius 1 is 0.921 bits per heavy atom. The first-order chi connectivity index (χ1) is 18.5. The minimum Gasteiger partial charge on any atom is -0.482 e. The maximum atomic E-state index is 13.4. The number of carbonyl (C=O) groups excluding carboxylic acids is 1. The third kappa shape index (κ3) is 5.94. The van der Waals surface area contributed by atoms with E-state index in [1.165, 1.54) is 4.68 Å². The molecule has 0 atom stereocenters. The molecule has 0 saturated carbocycles. The number of anilines is 1. The van der Waals surface area contributed by atoms with Gasteiger partial charge in [0.2, 0.25) is 0 Å². The van der Waals surface area contributed by atoms with E-state index in [4.69, 9.17) is 9.72 Å². The molecule has 1 N–H and O–H groups in total. The molecular formula is C29H20I2N4O3. The van der Waals surface area contributed by atoms with Crippen LogP contribution in [0.25, 0.3) is 22.3 Å². The van der Waals surface area contributed by atoms with Gasteiger partial charge in [0.25, 0.3) is 11.5 Å². The Kier molecular flexibility index (Phi) is 8.13. The quantitative estimate of drug-likeness (QED) is 0.161. The van der Waals surface area contributed by atoms with Crippen molar-refractivity contribution in [2.24, 2.45) is 5.10 Å². The van der Waals surface area contributed by atoms with Crippen LogP contribution in [0.3, 0.4) is 0 Å². The third-order valence-corrected chi connectivity index (χ3v) is 7.14. The van der Waals surface area contributed by atoms with Gasteiger partial charge in [0.15, 0.2) is 12.4 Å². The fourth-order valence-electron chi connectivity index (χ4n) is 3.78. The lowest BCUT2D eigenvalue weighted by atomic mass is 10.2. The summed E-state index contributed by atoms with van der Waals surface area (Å²) in [7, 11) is 0. The van der Waals surface area contributed by atoms with E-state index in [2.05, 4.69) is 55.6 Å². The molecular weight excluding hydrogens is 706 g/mol. The Morgan fingerprint density at radius 3 is 2.26 bits per heavy atom. The zero-order valence-electron chi connectivity index (χ0n) is 19.8. The number of amides is 1. The number of halogens is 2. The Hall–Kier alpha value is -3.58. The standard InChI is InChI=1S/C29H20I2N4O3/c30-23-15-19(16-24(31)27(23)38-18-26(36)33-21-11-5-2-6-12-21)17-32-35-28(20-9-3-1-4-10-20)34-25-14-8-7-13-22(25)29(35)37/h1-17H,18H2,(H,33,36). The van der Waals surface area contributed by atoms with E-state index < -0.39 is 0 Å². The number of hydrogen-bond donors (Lipinski definition) is 1. The van der Waals surface area contributed by atoms with Gasteiger partial charge in [0.05, 0.1) is 24.3 Å². The molecule has 38 heavy (non-hydrogen) atoms. The highest BCUT2D eigenvalue weighted by Crippen LogP contribution is 2.29. The predicted molar refractivity (Wildman–Crippen MR) is 167 cm³/mol. The topological polar surface area (TPSA) is 85.6 Å². The summed E-state index contributed by atoms with van der Waals surface area (Å²) in [5, 5.41) is 7.84. The van der Waals surface area contributed by atoms with Crippen LogP contribution < -0.4 is 15.6 Å². The van der Waals surface area contributed by atoms with Gasteiger partial charge < -0.3 is 10.1 Å². The van der Waals surface area contributed by atoms with Crippen molar-refractivity contribution in [1.82, 2.24) is 9.66 Å². The fourth-order valence-corrected chi connectivity index (χ4v) is 5.91. The van der Waals surface area contributed by atoms with E-state index >= 15 is 0 Å². The zero-order chi connectivity index (χ0) is 26.5. The van der Waals surface area contributed by atoms with Gasteiger partial charge in [-0.3, -0.25) is 9.59 Å². The van der Waals surface area contributed by atoms with Crippen LogP contribution in [0.5, 0.6) is 5.75 Å². The molecule has 0 bridgehead atoms. The summed E-state index contributed by atoms with van der Waals surface area (Å²) in [5.74, 6) is 0.825. The number of fused-ring (bicyclic) bond motifs is 1. The molecule has 0 spiro atoms. The molecule has 5 rings (SSSR count). The number of para-hydroxylation sites is 2. The number of ether oxygens (including phenoxy) is 1. The second-order valence-electron chi connectivity index (χ2n) is 8.20. The average molecular weight is 726 g/mol. The highest BCUT2D eigenvalue weighted by atomic mass is 127. The van der Waals surface area contributed by atoms with Crippen LogP contribution in [0, 0.1) is 7.14 Å².